The molecule has 0 aliphatic carbocycles. The molecule has 0 saturated heterocycles. The van der Waals surface area contributed by atoms with E-state index in [9.17, 15) is 0 Å². The van der Waals surface area contributed by atoms with E-state index < -0.39 is 0 Å². The van der Waals surface area contributed by atoms with Crippen LogP contribution in [0.4, 0.5) is 0 Å². The van der Waals surface area contributed by atoms with Crippen LogP contribution >= 0.6 is 11.8 Å². The van der Waals surface area contributed by atoms with Crippen LogP contribution in [-0.2, 0) is 9.78 Å². The summed E-state index contributed by atoms with van der Waals surface area (Å²) < 4.78 is 0.284. The Morgan fingerprint density at radius 2 is 2.21 bits per heavy atom. The highest BCUT2D eigenvalue weighted by molar-refractivity contribution is 8.00. The molecule has 1 rings (SSSR count). The smallest absolute Gasteiger partial charge is 0.101 e. The quantitative estimate of drug-likeness (QED) is 0.225. The van der Waals surface area contributed by atoms with Crippen LogP contribution < -0.4 is 0 Å². The molecule has 1 unspecified atom stereocenters. The molecule has 0 saturated carbocycles. The Balaban J connectivity index is 2.13. The first-order chi connectivity index (χ1) is 9.27. The van der Waals surface area contributed by atoms with Gasteiger partial charge in [-0.05, 0) is 38.4 Å². The number of thioether (sulfide) groups is 1. The Morgan fingerprint density at radius 3 is 3.05 bits per heavy atom. The fourth-order valence-corrected chi connectivity index (χ4v) is 3.07. The predicted molar refractivity (Wildman–Crippen MR) is 84.0 cm³/mol. The summed E-state index contributed by atoms with van der Waals surface area (Å²) in [6.07, 6.45) is 16.6. The lowest BCUT2D eigenvalue weighted by molar-refractivity contribution is -0.287. The Bertz CT molecular complexity index is 310. The molecule has 1 atom stereocenters. The van der Waals surface area contributed by atoms with Gasteiger partial charge in [-0.2, -0.15) is 11.8 Å². The van der Waals surface area contributed by atoms with Crippen molar-refractivity contribution >= 4 is 11.8 Å². The van der Waals surface area contributed by atoms with Crippen LogP contribution in [0.25, 0.3) is 0 Å². The van der Waals surface area contributed by atoms with Crippen molar-refractivity contribution in [2.45, 2.75) is 37.4 Å². The second-order valence-corrected chi connectivity index (χ2v) is 6.51. The van der Waals surface area contributed by atoms with Crippen molar-refractivity contribution in [3.8, 4) is 0 Å². The largest absolute Gasteiger partial charge is 0.236 e. The van der Waals surface area contributed by atoms with E-state index in [1.165, 1.54) is 18.6 Å². The van der Waals surface area contributed by atoms with Gasteiger partial charge in [0, 0.05) is 4.75 Å². The molecule has 1 radical (unpaired) electrons. The highest BCUT2D eigenvalue weighted by Crippen LogP contribution is 2.34. The summed E-state index contributed by atoms with van der Waals surface area (Å²) in [5, 5.41) is 0. The van der Waals surface area contributed by atoms with Crippen LogP contribution in [0.2, 0.25) is 0 Å². The van der Waals surface area contributed by atoms with Gasteiger partial charge in [-0.1, -0.05) is 43.4 Å². The van der Waals surface area contributed by atoms with Crippen molar-refractivity contribution in [3.05, 3.63) is 43.4 Å². The number of hydrogen-bond donors (Lipinski definition) is 0. The van der Waals surface area contributed by atoms with Crippen LogP contribution in [0.15, 0.2) is 36.5 Å². The van der Waals surface area contributed by atoms with Crippen LogP contribution in [0, 0.1) is 6.92 Å². The lowest BCUT2D eigenvalue weighted by Crippen LogP contribution is -2.23. The molecule has 0 bridgehead atoms. The molecule has 0 aromatic rings. The zero-order valence-electron chi connectivity index (χ0n) is 11.8. The predicted octanol–water partition coefficient (Wildman–Crippen LogP) is 4.50. The maximum absolute atomic E-state index is 5.23. The molecule has 0 amide bonds. The lowest BCUT2D eigenvalue weighted by Gasteiger charge is -2.28. The van der Waals surface area contributed by atoms with E-state index in [0.29, 0.717) is 13.2 Å². The van der Waals surface area contributed by atoms with Crippen molar-refractivity contribution in [1.29, 1.82) is 0 Å². The first kappa shape index (κ1) is 16.5. The molecular formula is C16H25O2S. The molecule has 0 aromatic carbocycles. The van der Waals surface area contributed by atoms with E-state index >= 15 is 0 Å². The molecule has 1 aliphatic heterocycles. The van der Waals surface area contributed by atoms with E-state index in [4.69, 9.17) is 9.78 Å². The van der Waals surface area contributed by atoms with Crippen molar-refractivity contribution in [1.82, 2.24) is 0 Å². The van der Waals surface area contributed by atoms with Gasteiger partial charge in [-0.15, -0.1) is 0 Å². The van der Waals surface area contributed by atoms with Crippen molar-refractivity contribution in [2.75, 3.05) is 19.0 Å². The maximum Gasteiger partial charge on any atom is 0.101 e. The molecule has 0 fully saturated rings. The number of hydrogen-bond acceptors (Lipinski definition) is 3. The summed E-state index contributed by atoms with van der Waals surface area (Å²) in [6.45, 7) is 7.04. The van der Waals surface area contributed by atoms with E-state index in [1.807, 2.05) is 18.2 Å². The summed E-state index contributed by atoms with van der Waals surface area (Å²) in [7, 11) is 0. The average molecular weight is 281 g/mol. The van der Waals surface area contributed by atoms with Crippen LogP contribution in [0.5, 0.6) is 0 Å². The van der Waals surface area contributed by atoms with Gasteiger partial charge in [0.25, 0.3) is 0 Å². The molecule has 0 N–H and O–H groups in total. The minimum Gasteiger partial charge on any atom is -0.236 e. The lowest BCUT2D eigenvalue weighted by atomic mass is 10.0. The third kappa shape index (κ3) is 8.30. The summed E-state index contributed by atoms with van der Waals surface area (Å²) in [6, 6.07) is 0. The van der Waals surface area contributed by atoms with Crippen molar-refractivity contribution in [3.63, 3.8) is 0 Å². The molecule has 1 aliphatic rings. The summed E-state index contributed by atoms with van der Waals surface area (Å²) in [4.78, 5) is 10.3. The Morgan fingerprint density at radius 1 is 1.32 bits per heavy atom. The molecule has 19 heavy (non-hydrogen) atoms. The first-order valence-electron chi connectivity index (χ1n) is 6.91. The van der Waals surface area contributed by atoms with Gasteiger partial charge in [0.05, 0.1) is 6.61 Å². The fourth-order valence-electron chi connectivity index (χ4n) is 1.82. The summed E-state index contributed by atoms with van der Waals surface area (Å²) >= 11 is 2.06. The third-order valence-electron chi connectivity index (χ3n) is 3.03. The van der Waals surface area contributed by atoms with Crippen LogP contribution in [-0.4, -0.2) is 23.7 Å². The molecular weight excluding hydrogens is 256 g/mol. The summed E-state index contributed by atoms with van der Waals surface area (Å²) in [5.41, 5.74) is 0. The second kappa shape index (κ2) is 10.3. The minimum absolute atomic E-state index is 0.284. The highest BCUT2D eigenvalue weighted by atomic mass is 32.2. The monoisotopic (exact) mass is 281 g/mol. The van der Waals surface area contributed by atoms with Gasteiger partial charge in [-0.25, -0.2) is 9.78 Å². The normalized spacial score (nSPS) is 26.6. The maximum atomic E-state index is 5.23. The van der Waals surface area contributed by atoms with E-state index in [1.54, 1.807) is 6.08 Å². The fraction of sp³-hybridized carbons (Fsp3) is 0.562. The standard InChI is InChI=1S/C16H25O2S/c1-3-4-5-9-13-17-18-14-12-16(2)11-8-6-7-10-15-19-16/h3-6,8-9H,1,7,10-15H2,2H3/b4-3-,8-6-,9-5+. The second-order valence-electron chi connectivity index (χ2n) is 4.83. The van der Waals surface area contributed by atoms with Crippen LogP contribution in [0.1, 0.15) is 32.6 Å². The van der Waals surface area contributed by atoms with E-state index in [0.717, 1.165) is 12.8 Å². The minimum atomic E-state index is 0.284. The average Bonchev–Trinajstić information content (AvgIpc) is 2.38. The van der Waals surface area contributed by atoms with Gasteiger partial charge >= 0.3 is 0 Å². The van der Waals surface area contributed by atoms with Crippen molar-refractivity contribution in [2.24, 2.45) is 0 Å². The molecule has 0 spiro atoms. The first-order valence-corrected chi connectivity index (χ1v) is 7.90. The molecule has 2 nitrogen and oxygen atoms in total. The third-order valence-corrected chi connectivity index (χ3v) is 4.59. The molecule has 107 valence electrons. The van der Waals surface area contributed by atoms with Gasteiger partial charge < -0.3 is 0 Å². The van der Waals surface area contributed by atoms with E-state index in [2.05, 4.69) is 37.8 Å². The Hall–Kier alpha value is -0.510. The van der Waals surface area contributed by atoms with Crippen molar-refractivity contribution < 1.29 is 9.78 Å². The number of rotatable bonds is 7. The van der Waals surface area contributed by atoms with Gasteiger partial charge in [0.15, 0.2) is 0 Å². The topological polar surface area (TPSA) is 18.5 Å². The molecule has 3 heteroatoms. The molecule has 1 heterocycles. The highest BCUT2D eigenvalue weighted by Gasteiger charge is 2.23. The summed E-state index contributed by atoms with van der Waals surface area (Å²) in [5.74, 6) is 1.24. The van der Waals surface area contributed by atoms with Gasteiger partial charge in [0.1, 0.15) is 6.61 Å². The van der Waals surface area contributed by atoms with Crippen LogP contribution in [0.3, 0.4) is 0 Å². The Labute approximate surface area is 121 Å². The number of allylic oxidation sites excluding steroid dienone is 5. The van der Waals surface area contributed by atoms with Gasteiger partial charge in [0.2, 0.25) is 0 Å². The van der Waals surface area contributed by atoms with E-state index in [-0.39, 0.29) is 4.75 Å². The Kier molecular flexibility index (Phi) is 8.97. The zero-order chi connectivity index (χ0) is 13.8. The molecule has 0 aromatic heterocycles. The van der Waals surface area contributed by atoms with Gasteiger partial charge in [-0.3, -0.25) is 0 Å². The zero-order valence-corrected chi connectivity index (χ0v) is 12.7. The SMILES string of the molecule is [CH2]/C=C\C=C\COOCCC1(C)C/C=C\CCCS1.